The summed E-state index contributed by atoms with van der Waals surface area (Å²) < 4.78 is 16.0. The van der Waals surface area contributed by atoms with Gasteiger partial charge in [0.15, 0.2) is 5.90 Å². The second kappa shape index (κ2) is 10.0. The summed E-state index contributed by atoms with van der Waals surface area (Å²) in [5.74, 6) is 0.953. The van der Waals surface area contributed by atoms with Crippen LogP contribution in [-0.2, 0) is 9.47 Å². The van der Waals surface area contributed by atoms with E-state index in [1.807, 2.05) is 27.7 Å². The highest BCUT2D eigenvalue weighted by Crippen LogP contribution is 2.25. The molecular formula is C18H29N3O3. The maximum atomic E-state index is 8.04. The van der Waals surface area contributed by atoms with E-state index in [1.54, 1.807) is 19.4 Å². The quantitative estimate of drug-likeness (QED) is 0.643. The highest BCUT2D eigenvalue weighted by Gasteiger charge is 2.22. The van der Waals surface area contributed by atoms with Gasteiger partial charge in [0.05, 0.1) is 18.4 Å². The maximum absolute atomic E-state index is 8.04. The van der Waals surface area contributed by atoms with Crippen molar-refractivity contribution in [2.24, 2.45) is 5.92 Å². The van der Waals surface area contributed by atoms with E-state index in [-0.39, 0.29) is 23.6 Å². The van der Waals surface area contributed by atoms with Gasteiger partial charge in [-0.15, -0.1) is 0 Å². The highest BCUT2D eigenvalue weighted by atomic mass is 16.5. The predicted octanol–water partition coefficient (Wildman–Crippen LogP) is 3.99. The Bertz CT molecular complexity index is 552. The minimum absolute atomic E-state index is 0.0268. The summed E-state index contributed by atoms with van der Waals surface area (Å²) in [6.45, 7) is 9.35. The van der Waals surface area contributed by atoms with Crippen LogP contribution in [0.4, 0.5) is 0 Å². The van der Waals surface area contributed by atoms with Gasteiger partial charge in [-0.2, -0.15) is 0 Å². The highest BCUT2D eigenvalue weighted by molar-refractivity contribution is 5.99. The molecule has 0 amide bonds. The van der Waals surface area contributed by atoms with Crippen LogP contribution in [0, 0.1) is 16.7 Å². The number of ether oxygens (including phenoxy) is 3. The van der Waals surface area contributed by atoms with Gasteiger partial charge in [-0.3, -0.25) is 15.8 Å². The number of rotatable bonds is 4. The van der Waals surface area contributed by atoms with Gasteiger partial charge in [-0.25, -0.2) is 0 Å². The Morgan fingerprint density at radius 1 is 1.25 bits per heavy atom. The van der Waals surface area contributed by atoms with Crippen molar-refractivity contribution in [2.75, 3.05) is 20.3 Å². The van der Waals surface area contributed by atoms with Gasteiger partial charge >= 0.3 is 0 Å². The van der Waals surface area contributed by atoms with Crippen molar-refractivity contribution in [3.05, 3.63) is 23.5 Å². The Labute approximate surface area is 144 Å². The van der Waals surface area contributed by atoms with Crippen LogP contribution in [0.3, 0.4) is 0 Å². The molecule has 2 N–H and O–H groups in total. The molecule has 0 aromatic carbocycles. The summed E-state index contributed by atoms with van der Waals surface area (Å²) in [7, 11) is 1.58. The maximum Gasteiger partial charge on any atom is 0.222 e. The van der Waals surface area contributed by atoms with Gasteiger partial charge in [-0.05, 0) is 24.8 Å². The lowest BCUT2D eigenvalue weighted by Crippen LogP contribution is -2.26. The molecular weight excluding hydrogens is 306 g/mol. The number of hydrogen-bond acceptors (Lipinski definition) is 6. The van der Waals surface area contributed by atoms with Crippen molar-refractivity contribution in [1.29, 1.82) is 10.8 Å². The van der Waals surface area contributed by atoms with E-state index in [0.29, 0.717) is 24.5 Å². The van der Waals surface area contributed by atoms with Crippen molar-refractivity contribution >= 4 is 11.8 Å². The molecule has 1 aliphatic rings. The molecule has 0 unspecified atom stereocenters. The minimum Gasteiger partial charge on any atom is -0.495 e. The summed E-state index contributed by atoms with van der Waals surface area (Å²) in [5, 5.41) is 16.0. The molecule has 6 nitrogen and oxygen atoms in total. The first-order valence-corrected chi connectivity index (χ1v) is 8.49. The third-order valence-corrected chi connectivity index (χ3v) is 3.71. The number of hydrogen-bond donors (Lipinski definition) is 2. The molecule has 0 radical (unpaired) electrons. The lowest BCUT2D eigenvalue weighted by atomic mass is 10.0. The minimum atomic E-state index is -0.0717. The summed E-state index contributed by atoms with van der Waals surface area (Å²) in [6, 6.07) is 1.74. The fraction of sp³-hybridized carbons (Fsp3) is 0.611. The van der Waals surface area contributed by atoms with E-state index >= 15 is 0 Å². The van der Waals surface area contributed by atoms with Crippen molar-refractivity contribution in [1.82, 2.24) is 4.98 Å². The zero-order chi connectivity index (χ0) is 18.1. The Balaban J connectivity index is 0.00000139. The lowest BCUT2D eigenvalue weighted by molar-refractivity contribution is 0.0788. The molecule has 1 fully saturated rings. The third-order valence-electron chi connectivity index (χ3n) is 3.71. The van der Waals surface area contributed by atoms with Gasteiger partial charge in [-0.1, -0.05) is 27.7 Å². The van der Waals surface area contributed by atoms with Crippen LogP contribution in [0.2, 0.25) is 0 Å². The fourth-order valence-corrected chi connectivity index (χ4v) is 2.39. The molecule has 1 aromatic heterocycles. The molecule has 1 saturated heterocycles. The zero-order valence-corrected chi connectivity index (χ0v) is 15.3. The predicted molar refractivity (Wildman–Crippen MR) is 95.4 cm³/mol. The second-order valence-electron chi connectivity index (χ2n) is 5.65. The number of nitrogens with one attached hydrogen (secondary N) is 2. The first-order valence-electron chi connectivity index (χ1n) is 8.49. The van der Waals surface area contributed by atoms with E-state index in [2.05, 4.69) is 4.98 Å². The van der Waals surface area contributed by atoms with Crippen LogP contribution in [0.25, 0.3) is 0 Å². The van der Waals surface area contributed by atoms with E-state index in [1.165, 1.54) is 0 Å². The van der Waals surface area contributed by atoms with E-state index in [0.717, 1.165) is 18.5 Å². The zero-order valence-electron chi connectivity index (χ0n) is 15.3. The summed E-state index contributed by atoms with van der Waals surface area (Å²) >= 11 is 0. The van der Waals surface area contributed by atoms with Gasteiger partial charge < -0.3 is 14.2 Å². The largest absolute Gasteiger partial charge is 0.495 e. The average molecular weight is 335 g/mol. The van der Waals surface area contributed by atoms with Crippen LogP contribution >= 0.6 is 0 Å². The molecule has 0 aliphatic carbocycles. The first-order chi connectivity index (χ1) is 11.5. The molecule has 6 heteroatoms. The smallest absolute Gasteiger partial charge is 0.222 e. The monoisotopic (exact) mass is 335 g/mol. The van der Waals surface area contributed by atoms with Crippen molar-refractivity contribution < 1.29 is 14.2 Å². The molecule has 0 spiro atoms. The summed E-state index contributed by atoms with van der Waals surface area (Å²) in [6.07, 6.45) is 3.12. The van der Waals surface area contributed by atoms with Crippen LogP contribution in [0.15, 0.2) is 12.3 Å². The molecule has 24 heavy (non-hydrogen) atoms. The Morgan fingerprint density at radius 2 is 1.88 bits per heavy atom. The number of pyridine rings is 1. The van der Waals surface area contributed by atoms with Gasteiger partial charge in [0.2, 0.25) is 5.90 Å². The molecule has 2 heterocycles. The van der Waals surface area contributed by atoms with Gasteiger partial charge in [0.1, 0.15) is 5.75 Å². The SMILES string of the molecule is CC.COc1cc(C(=N)OC(=N)C2CCOCC2)cnc1C(C)C. The van der Waals surface area contributed by atoms with Gasteiger partial charge in [0.25, 0.3) is 0 Å². The standard InChI is InChI=1S/C16H23N3O3.C2H6/c1-10(2)14-13(20-3)8-12(9-19-14)16(18)22-15(17)11-4-6-21-7-5-11;1-2/h8-11,17-18H,4-7H2,1-3H3;1-2H3. The molecule has 1 aliphatic heterocycles. The van der Waals surface area contributed by atoms with E-state index < -0.39 is 0 Å². The van der Waals surface area contributed by atoms with E-state index in [4.69, 9.17) is 25.0 Å². The summed E-state index contributed by atoms with van der Waals surface area (Å²) in [4.78, 5) is 4.35. The molecule has 134 valence electrons. The molecule has 0 saturated carbocycles. The molecule has 1 aromatic rings. The van der Waals surface area contributed by atoms with Crippen molar-refractivity contribution in [3.8, 4) is 5.75 Å². The van der Waals surface area contributed by atoms with Crippen LogP contribution in [0.5, 0.6) is 5.75 Å². The van der Waals surface area contributed by atoms with Crippen molar-refractivity contribution in [2.45, 2.75) is 46.5 Å². The Morgan fingerprint density at radius 3 is 2.42 bits per heavy atom. The molecule has 0 bridgehead atoms. The van der Waals surface area contributed by atoms with Crippen molar-refractivity contribution in [3.63, 3.8) is 0 Å². The molecule has 2 rings (SSSR count). The Hall–Kier alpha value is -1.95. The van der Waals surface area contributed by atoms with Gasteiger partial charge in [0, 0.05) is 25.3 Å². The van der Waals surface area contributed by atoms with Crippen LogP contribution in [0.1, 0.15) is 57.7 Å². The number of aromatic nitrogens is 1. The number of methoxy groups -OCH3 is 1. The lowest BCUT2D eigenvalue weighted by Gasteiger charge is -2.22. The summed E-state index contributed by atoms with van der Waals surface area (Å²) in [5.41, 5.74) is 1.36. The molecule has 0 atom stereocenters. The van der Waals surface area contributed by atoms with E-state index in [9.17, 15) is 0 Å². The fourth-order valence-electron chi connectivity index (χ4n) is 2.39. The third kappa shape index (κ3) is 5.30. The average Bonchev–Trinajstić information content (AvgIpc) is 2.63. The topological polar surface area (TPSA) is 88.3 Å². The normalized spacial score (nSPS) is 14.6. The first kappa shape index (κ1) is 20.1. The van der Waals surface area contributed by atoms with Crippen LogP contribution < -0.4 is 4.74 Å². The Kier molecular flexibility index (Phi) is 8.40. The number of nitrogens with zero attached hydrogens (tertiary/aromatic N) is 1. The van der Waals surface area contributed by atoms with Crippen LogP contribution in [-0.4, -0.2) is 37.1 Å². The second-order valence-corrected chi connectivity index (χ2v) is 5.65.